The van der Waals surface area contributed by atoms with E-state index >= 15 is 0 Å². The van der Waals surface area contributed by atoms with E-state index in [0.717, 1.165) is 6.42 Å². The van der Waals surface area contributed by atoms with Gasteiger partial charge in [0.25, 0.3) is 0 Å². The molecular weight excluding hydrogens is 156 g/mol. The largest absolute Gasteiger partial charge is 0.0654 e. The van der Waals surface area contributed by atoms with Gasteiger partial charge in [0.15, 0.2) is 0 Å². The second-order valence-electron chi connectivity index (χ2n) is 3.46. The van der Waals surface area contributed by atoms with Crippen LogP contribution in [-0.4, -0.2) is 0 Å². The predicted molar refractivity (Wildman–Crippen MR) is 58.7 cm³/mol. The highest BCUT2D eigenvalue weighted by molar-refractivity contribution is 5.27. The predicted octanol–water partition coefficient (Wildman–Crippen LogP) is 3.99. The monoisotopic (exact) mass is 175 g/mol. The fourth-order valence-electron chi connectivity index (χ4n) is 1.44. The number of benzene rings is 1. The zero-order chi connectivity index (χ0) is 9.52. The van der Waals surface area contributed by atoms with Crippen molar-refractivity contribution in [1.82, 2.24) is 0 Å². The summed E-state index contributed by atoms with van der Waals surface area (Å²) in [7, 11) is 0. The van der Waals surface area contributed by atoms with E-state index in [1.807, 2.05) is 0 Å². The van der Waals surface area contributed by atoms with Crippen molar-refractivity contribution in [3.05, 3.63) is 41.8 Å². The molecule has 0 bridgehead atoms. The van der Waals surface area contributed by atoms with Gasteiger partial charge in [0.05, 0.1) is 0 Å². The van der Waals surface area contributed by atoms with E-state index < -0.39 is 0 Å². The van der Waals surface area contributed by atoms with Crippen LogP contribution in [0.1, 0.15) is 44.2 Å². The van der Waals surface area contributed by atoms with Gasteiger partial charge in [-0.15, -0.1) is 0 Å². The first-order valence-electron chi connectivity index (χ1n) is 5.29. The van der Waals surface area contributed by atoms with E-state index in [2.05, 4.69) is 44.5 Å². The fraction of sp³-hybridized carbons (Fsp3) is 0.462. The maximum Gasteiger partial charge on any atom is -0.00958 e. The van der Waals surface area contributed by atoms with E-state index in [0.29, 0.717) is 0 Å². The van der Waals surface area contributed by atoms with Gasteiger partial charge in [-0.1, -0.05) is 44.5 Å². The van der Waals surface area contributed by atoms with E-state index in [1.165, 1.54) is 30.4 Å². The zero-order valence-corrected chi connectivity index (χ0v) is 8.72. The summed E-state index contributed by atoms with van der Waals surface area (Å²) in [6, 6.07) is 8.93. The first-order chi connectivity index (χ1) is 6.36. The smallest absolute Gasteiger partial charge is 0.00958 e. The van der Waals surface area contributed by atoms with Crippen LogP contribution in [0.5, 0.6) is 0 Å². The van der Waals surface area contributed by atoms with Crippen LogP contribution in [-0.2, 0) is 6.42 Å². The van der Waals surface area contributed by atoms with Crippen LogP contribution in [0.4, 0.5) is 0 Å². The van der Waals surface area contributed by atoms with E-state index in [-0.39, 0.29) is 0 Å². The Labute approximate surface area is 82.0 Å². The van der Waals surface area contributed by atoms with Crippen molar-refractivity contribution in [3.63, 3.8) is 0 Å². The summed E-state index contributed by atoms with van der Waals surface area (Å²) in [6.45, 7) is 4.41. The average molecular weight is 175 g/mol. The molecular formula is C13H19. The van der Waals surface area contributed by atoms with Gasteiger partial charge in [-0.25, -0.2) is 0 Å². The van der Waals surface area contributed by atoms with E-state index in [1.54, 1.807) is 0 Å². The molecule has 0 saturated heterocycles. The van der Waals surface area contributed by atoms with Gasteiger partial charge in [0.2, 0.25) is 0 Å². The highest BCUT2D eigenvalue weighted by atomic mass is 14.0. The average Bonchev–Trinajstić information content (AvgIpc) is 2.17. The maximum absolute atomic E-state index is 2.25. The van der Waals surface area contributed by atoms with Gasteiger partial charge in [-0.3, -0.25) is 0 Å². The number of rotatable bonds is 5. The molecule has 0 heteroatoms. The van der Waals surface area contributed by atoms with Gasteiger partial charge in [0.1, 0.15) is 0 Å². The molecule has 0 aliphatic carbocycles. The lowest BCUT2D eigenvalue weighted by Gasteiger charge is -2.01. The van der Waals surface area contributed by atoms with Crippen LogP contribution in [0.15, 0.2) is 24.3 Å². The normalized spacial score (nSPS) is 10.3. The number of aryl methyl sites for hydroxylation is 1. The Morgan fingerprint density at radius 2 is 1.77 bits per heavy atom. The number of hydrogen-bond acceptors (Lipinski definition) is 0. The van der Waals surface area contributed by atoms with Crippen LogP contribution in [0.2, 0.25) is 0 Å². The van der Waals surface area contributed by atoms with Crippen LogP contribution in [0, 0.1) is 6.42 Å². The topological polar surface area (TPSA) is 0 Å². The minimum absolute atomic E-state index is 1.12. The summed E-state index contributed by atoms with van der Waals surface area (Å²) in [4.78, 5) is 0. The van der Waals surface area contributed by atoms with Crippen LogP contribution in [0.25, 0.3) is 0 Å². The summed E-state index contributed by atoms with van der Waals surface area (Å²) >= 11 is 0. The molecule has 0 fully saturated rings. The quantitative estimate of drug-likeness (QED) is 0.634. The molecule has 0 amide bonds. The highest BCUT2D eigenvalue weighted by Gasteiger charge is 1.93. The van der Waals surface area contributed by atoms with Crippen LogP contribution in [0.3, 0.4) is 0 Å². The molecule has 1 aromatic carbocycles. The summed E-state index contributed by atoms with van der Waals surface area (Å²) in [5, 5.41) is 0. The van der Waals surface area contributed by atoms with Crippen molar-refractivity contribution in [2.45, 2.75) is 39.5 Å². The van der Waals surface area contributed by atoms with Gasteiger partial charge in [-0.2, -0.15) is 0 Å². The third-order valence-electron chi connectivity index (χ3n) is 2.24. The molecule has 0 aliphatic heterocycles. The minimum atomic E-state index is 1.12. The van der Waals surface area contributed by atoms with Gasteiger partial charge < -0.3 is 0 Å². The lowest BCUT2D eigenvalue weighted by Crippen LogP contribution is -1.85. The molecule has 0 heterocycles. The highest BCUT2D eigenvalue weighted by Crippen LogP contribution is 2.10. The van der Waals surface area contributed by atoms with E-state index in [4.69, 9.17) is 0 Å². The van der Waals surface area contributed by atoms with Gasteiger partial charge in [-0.05, 0) is 36.8 Å². The van der Waals surface area contributed by atoms with Crippen LogP contribution >= 0.6 is 0 Å². The molecule has 0 N–H and O–H groups in total. The Hall–Kier alpha value is -0.780. The maximum atomic E-state index is 2.25. The molecule has 0 aliphatic rings. The third-order valence-corrected chi connectivity index (χ3v) is 2.24. The first-order valence-corrected chi connectivity index (χ1v) is 5.29. The third kappa shape index (κ3) is 3.63. The van der Waals surface area contributed by atoms with Crippen molar-refractivity contribution in [2.75, 3.05) is 0 Å². The Bertz CT molecular complexity index is 220. The molecule has 0 unspecified atom stereocenters. The lowest BCUT2D eigenvalue weighted by molar-refractivity contribution is 0.795. The van der Waals surface area contributed by atoms with Crippen molar-refractivity contribution in [1.29, 1.82) is 0 Å². The summed E-state index contributed by atoms with van der Waals surface area (Å²) in [5.74, 6) is 0. The SMILES string of the molecule is CC[CH]c1ccc(CCCC)cc1. The van der Waals surface area contributed by atoms with Gasteiger partial charge in [0, 0.05) is 0 Å². The van der Waals surface area contributed by atoms with Gasteiger partial charge >= 0.3 is 0 Å². The molecule has 0 spiro atoms. The molecule has 0 aromatic heterocycles. The molecule has 1 aromatic rings. The summed E-state index contributed by atoms with van der Waals surface area (Å²) in [6.07, 6.45) is 7.18. The Kier molecular flexibility index (Phi) is 4.59. The molecule has 1 rings (SSSR count). The lowest BCUT2D eigenvalue weighted by atomic mass is 10.0. The zero-order valence-electron chi connectivity index (χ0n) is 8.72. The molecule has 0 atom stereocenters. The first kappa shape index (κ1) is 10.3. The number of hydrogen-bond donors (Lipinski definition) is 0. The molecule has 71 valence electrons. The number of unbranched alkanes of at least 4 members (excludes halogenated alkanes) is 1. The van der Waals surface area contributed by atoms with Crippen molar-refractivity contribution in [2.24, 2.45) is 0 Å². The fourth-order valence-corrected chi connectivity index (χ4v) is 1.44. The second kappa shape index (κ2) is 5.80. The Balaban J connectivity index is 2.48. The van der Waals surface area contributed by atoms with Crippen molar-refractivity contribution >= 4 is 0 Å². The Morgan fingerprint density at radius 1 is 1.08 bits per heavy atom. The van der Waals surface area contributed by atoms with Crippen molar-refractivity contribution in [3.8, 4) is 0 Å². The molecule has 0 nitrogen and oxygen atoms in total. The van der Waals surface area contributed by atoms with Crippen molar-refractivity contribution < 1.29 is 0 Å². The second-order valence-corrected chi connectivity index (χ2v) is 3.46. The molecule has 0 saturated carbocycles. The Morgan fingerprint density at radius 3 is 2.31 bits per heavy atom. The minimum Gasteiger partial charge on any atom is -0.0654 e. The molecule has 1 radical (unpaired) electrons. The van der Waals surface area contributed by atoms with Crippen LogP contribution < -0.4 is 0 Å². The summed E-state index contributed by atoms with van der Waals surface area (Å²) < 4.78 is 0. The standard InChI is InChI=1S/C13H19/c1-3-5-7-13-10-8-12(6-4-2)9-11-13/h6,8-11H,3-5,7H2,1-2H3. The van der Waals surface area contributed by atoms with E-state index in [9.17, 15) is 0 Å². The summed E-state index contributed by atoms with van der Waals surface area (Å²) in [5.41, 5.74) is 2.82. The molecule has 13 heavy (non-hydrogen) atoms.